The topological polar surface area (TPSA) is 77.9 Å². The molecule has 1 N–H and O–H groups in total. The van der Waals surface area contributed by atoms with Gasteiger partial charge in [-0.3, -0.25) is 9.59 Å². The van der Waals surface area contributed by atoms with E-state index in [1.54, 1.807) is 24.3 Å². The lowest BCUT2D eigenvalue weighted by molar-refractivity contribution is -0.150. The monoisotopic (exact) mass is 386 g/mol. The number of carboxylic acid groups (broad SMARTS) is 1. The highest BCUT2D eigenvalue weighted by Crippen LogP contribution is 2.30. The number of rotatable bonds is 3. The molecule has 2 unspecified atom stereocenters. The summed E-state index contributed by atoms with van der Waals surface area (Å²) in [6.45, 7) is -0.447. The molecule has 2 aliphatic rings. The Hall–Kier alpha value is -1.80. The van der Waals surface area contributed by atoms with E-state index < -0.39 is 30.1 Å². The first-order valence-electron chi connectivity index (χ1n) is 7.67. The van der Waals surface area contributed by atoms with Crippen LogP contribution in [0.25, 0.3) is 0 Å². The summed E-state index contributed by atoms with van der Waals surface area (Å²) >= 11 is 7.25. The van der Waals surface area contributed by atoms with Gasteiger partial charge in [-0.25, -0.2) is 9.18 Å². The zero-order chi connectivity index (χ0) is 18.2. The molecule has 0 radical (unpaired) electrons. The van der Waals surface area contributed by atoms with Crippen molar-refractivity contribution in [2.24, 2.45) is 0 Å². The zero-order valence-electron chi connectivity index (χ0n) is 13.2. The van der Waals surface area contributed by atoms with Crippen LogP contribution in [0.4, 0.5) is 4.39 Å². The van der Waals surface area contributed by atoms with Gasteiger partial charge in [0.1, 0.15) is 6.04 Å². The first kappa shape index (κ1) is 18.0. The lowest BCUT2D eigenvalue weighted by Crippen LogP contribution is -2.49. The number of aliphatic carboxylic acids is 1. The van der Waals surface area contributed by atoms with Crippen molar-refractivity contribution in [2.45, 2.75) is 18.1 Å². The number of carbonyl (C=O) groups is 3. The van der Waals surface area contributed by atoms with Crippen LogP contribution in [0, 0.1) is 0 Å². The highest BCUT2D eigenvalue weighted by molar-refractivity contribution is 7.99. The van der Waals surface area contributed by atoms with Gasteiger partial charge in [0.15, 0.2) is 0 Å². The normalized spacial score (nSPS) is 26.1. The SMILES string of the molecule is O=C(C1CSCN1C(=O)c1ccc(Cl)cc1)N1CCC(F)(C(=O)O)C1. The standard InChI is InChI=1S/C16H16ClFN2O4S/c17-11-3-1-10(2-4-11)13(21)20-9-25-7-12(20)14(22)19-6-5-16(18,8-19)15(23)24/h1-4,12H,5-9H2,(H,23,24). The van der Waals surface area contributed by atoms with E-state index >= 15 is 0 Å². The molecule has 1 aromatic rings. The zero-order valence-corrected chi connectivity index (χ0v) is 14.7. The molecule has 0 aliphatic carbocycles. The van der Waals surface area contributed by atoms with Crippen LogP contribution in [0.3, 0.4) is 0 Å². The summed E-state index contributed by atoms with van der Waals surface area (Å²) in [5.74, 6) is -1.51. The van der Waals surface area contributed by atoms with E-state index in [1.165, 1.54) is 21.6 Å². The highest BCUT2D eigenvalue weighted by atomic mass is 35.5. The van der Waals surface area contributed by atoms with E-state index in [0.29, 0.717) is 22.2 Å². The quantitative estimate of drug-likeness (QED) is 0.858. The number of carboxylic acids is 1. The number of amides is 2. The van der Waals surface area contributed by atoms with Crippen molar-refractivity contribution in [3.05, 3.63) is 34.9 Å². The molecule has 25 heavy (non-hydrogen) atoms. The summed E-state index contributed by atoms with van der Waals surface area (Å²) in [6, 6.07) is 5.65. The van der Waals surface area contributed by atoms with Gasteiger partial charge in [-0.05, 0) is 24.3 Å². The lowest BCUT2D eigenvalue weighted by Gasteiger charge is -2.27. The molecule has 0 aromatic heterocycles. The Labute approximate surface area is 152 Å². The number of hydrogen-bond acceptors (Lipinski definition) is 4. The number of carbonyl (C=O) groups excluding carboxylic acids is 2. The molecule has 9 heteroatoms. The van der Waals surface area contributed by atoms with Gasteiger partial charge >= 0.3 is 5.97 Å². The fraction of sp³-hybridized carbons (Fsp3) is 0.438. The van der Waals surface area contributed by atoms with Crippen LogP contribution in [0.5, 0.6) is 0 Å². The molecule has 0 bridgehead atoms. The van der Waals surface area contributed by atoms with Crippen molar-refractivity contribution in [1.29, 1.82) is 0 Å². The first-order chi connectivity index (χ1) is 11.8. The van der Waals surface area contributed by atoms with E-state index in [9.17, 15) is 18.8 Å². The number of nitrogens with zero attached hydrogens (tertiary/aromatic N) is 2. The maximum atomic E-state index is 14.2. The molecule has 2 saturated heterocycles. The second kappa shape index (κ2) is 6.84. The van der Waals surface area contributed by atoms with Crippen molar-refractivity contribution in [1.82, 2.24) is 9.80 Å². The third-order valence-electron chi connectivity index (χ3n) is 4.43. The predicted octanol–water partition coefficient (Wildman–Crippen LogP) is 1.88. The molecule has 1 aromatic carbocycles. The average Bonchev–Trinajstić information content (AvgIpc) is 3.22. The summed E-state index contributed by atoms with van der Waals surface area (Å²) in [5.41, 5.74) is -2.00. The van der Waals surface area contributed by atoms with E-state index in [4.69, 9.17) is 16.7 Å². The predicted molar refractivity (Wildman–Crippen MR) is 91.4 cm³/mol. The Morgan fingerprint density at radius 1 is 1.28 bits per heavy atom. The van der Waals surface area contributed by atoms with Gasteiger partial charge in [-0.1, -0.05) is 11.6 Å². The van der Waals surface area contributed by atoms with Crippen molar-refractivity contribution >= 4 is 41.1 Å². The summed E-state index contributed by atoms with van der Waals surface area (Å²) in [6.07, 6.45) is -0.237. The second-order valence-corrected chi connectivity index (χ2v) is 7.51. The minimum absolute atomic E-state index is 0.0335. The molecule has 2 amide bonds. The van der Waals surface area contributed by atoms with Crippen LogP contribution in [0.1, 0.15) is 16.8 Å². The molecule has 0 spiro atoms. The maximum absolute atomic E-state index is 14.2. The van der Waals surface area contributed by atoms with Crippen molar-refractivity contribution < 1.29 is 23.9 Å². The van der Waals surface area contributed by atoms with Crippen LogP contribution in [0.15, 0.2) is 24.3 Å². The van der Waals surface area contributed by atoms with E-state index in [-0.39, 0.29) is 18.9 Å². The third-order valence-corrected chi connectivity index (χ3v) is 5.70. The fourth-order valence-corrected chi connectivity index (χ4v) is 4.22. The van der Waals surface area contributed by atoms with Gasteiger partial charge in [0, 0.05) is 29.3 Å². The third kappa shape index (κ3) is 3.46. The van der Waals surface area contributed by atoms with E-state index in [2.05, 4.69) is 0 Å². The molecular formula is C16H16ClFN2O4S. The molecule has 3 rings (SSSR count). The number of benzene rings is 1. The fourth-order valence-electron chi connectivity index (χ4n) is 2.95. The van der Waals surface area contributed by atoms with Crippen LogP contribution in [-0.2, 0) is 9.59 Å². The Balaban J connectivity index is 1.73. The van der Waals surface area contributed by atoms with Crippen molar-refractivity contribution in [3.8, 4) is 0 Å². The van der Waals surface area contributed by atoms with Crippen LogP contribution < -0.4 is 0 Å². The van der Waals surface area contributed by atoms with Gasteiger partial charge < -0.3 is 14.9 Å². The minimum atomic E-state index is -2.41. The van der Waals surface area contributed by atoms with Gasteiger partial charge in [0.05, 0.1) is 12.4 Å². The average molecular weight is 387 g/mol. The Morgan fingerprint density at radius 3 is 2.56 bits per heavy atom. The Morgan fingerprint density at radius 2 is 1.96 bits per heavy atom. The van der Waals surface area contributed by atoms with E-state index in [0.717, 1.165) is 0 Å². The molecule has 2 fully saturated rings. The Bertz CT molecular complexity index is 717. The number of hydrogen-bond donors (Lipinski definition) is 1. The molecule has 6 nitrogen and oxygen atoms in total. The molecule has 134 valence electrons. The molecule has 2 atom stereocenters. The number of halogens is 2. The number of thioether (sulfide) groups is 1. The number of alkyl halides is 1. The Kier molecular flexibility index (Phi) is 4.92. The van der Waals surface area contributed by atoms with Gasteiger partial charge in [-0.2, -0.15) is 0 Å². The smallest absolute Gasteiger partial charge is 0.343 e. The largest absolute Gasteiger partial charge is 0.479 e. The van der Waals surface area contributed by atoms with Crippen LogP contribution in [0.2, 0.25) is 5.02 Å². The highest BCUT2D eigenvalue weighted by Gasteiger charge is 2.49. The summed E-state index contributed by atoms with van der Waals surface area (Å²) in [4.78, 5) is 39.0. The van der Waals surface area contributed by atoms with Crippen molar-refractivity contribution in [2.75, 3.05) is 24.7 Å². The van der Waals surface area contributed by atoms with E-state index in [1.807, 2.05) is 0 Å². The van der Waals surface area contributed by atoms with Gasteiger partial charge in [0.25, 0.3) is 5.91 Å². The lowest BCUT2D eigenvalue weighted by atomic mass is 10.1. The van der Waals surface area contributed by atoms with Gasteiger partial charge in [-0.15, -0.1) is 11.8 Å². The van der Waals surface area contributed by atoms with Crippen molar-refractivity contribution in [3.63, 3.8) is 0 Å². The minimum Gasteiger partial charge on any atom is -0.479 e. The van der Waals surface area contributed by atoms with Gasteiger partial charge in [0.2, 0.25) is 11.6 Å². The summed E-state index contributed by atoms with van der Waals surface area (Å²) in [5, 5.41) is 9.46. The summed E-state index contributed by atoms with van der Waals surface area (Å²) in [7, 11) is 0. The maximum Gasteiger partial charge on any atom is 0.343 e. The first-order valence-corrected chi connectivity index (χ1v) is 9.20. The molecular weight excluding hydrogens is 371 g/mol. The molecule has 2 aliphatic heterocycles. The number of likely N-dealkylation sites (tertiary alicyclic amines) is 1. The molecule has 2 heterocycles. The van der Waals surface area contributed by atoms with Crippen LogP contribution >= 0.6 is 23.4 Å². The van der Waals surface area contributed by atoms with Crippen LogP contribution in [-0.4, -0.2) is 69.1 Å². The summed E-state index contributed by atoms with van der Waals surface area (Å²) < 4.78 is 14.2. The second-order valence-electron chi connectivity index (χ2n) is 6.08. The molecule has 0 saturated carbocycles.